The van der Waals surface area contributed by atoms with Crippen LogP contribution in [-0.4, -0.2) is 97.9 Å². The number of carboxylic acids is 1. The molecule has 158 valence electrons. The van der Waals surface area contributed by atoms with Crippen LogP contribution >= 0.6 is 12.4 Å². The summed E-state index contributed by atoms with van der Waals surface area (Å²) >= 11 is 0. The average molecular weight is 413 g/mol. The molecule has 0 aromatic heterocycles. The van der Waals surface area contributed by atoms with E-state index in [2.05, 4.69) is 0 Å². The Kier molecular flexibility index (Phi) is 16.5. The molecule has 0 aromatic rings. The molecule has 0 saturated heterocycles. The second kappa shape index (κ2) is 16.3. The van der Waals surface area contributed by atoms with Crippen molar-refractivity contribution in [2.24, 2.45) is 0 Å². The van der Waals surface area contributed by atoms with E-state index in [4.69, 9.17) is 19.3 Å². The SMILES string of the molecule is CCOC(=O)CN(CCN(CC(=O)OCC)CC(=O)OCC)CC(=O)O.Cl. The van der Waals surface area contributed by atoms with Gasteiger partial charge >= 0.3 is 23.9 Å². The Balaban J connectivity index is 0. The zero-order valence-electron chi connectivity index (χ0n) is 16.0. The lowest BCUT2D eigenvalue weighted by Crippen LogP contribution is -2.44. The standard InChI is InChI=1S/C16H28N2O8.ClH/c1-4-24-14(21)10-17(9-13(19)20)7-8-18(11-15(22)25-5-2)12-16(23)26-6-3;/h4-12H2,1-3H3,(H,19,20);1H. The van der Waals surface area contributed by atoms with E-state index in [1.54, 1.807) is 20.8 Å². The largest absolute Gasteiger partial charge is 0.480 e. The first kappa shape index (κ1) is 27.3. The van der Waals surface area contributed by atoms with Crippen molar-refractivity contribution in [3.8, 4) is 0 Å². The van der Waals surface area contributed by atoms with Crippen LogP contribution in [0.1, 0.15) is 20.8 Å². The zero-order chi connectivity index (χ0) is 19.9. The molecule has 0 aliphatic rings. The Morgan fingerprint density at radius 1 is 0.667 bits per heavy atom. The fraction of sp³-hybridized carbons (Fsp3) is 0.750. The molecular formula is C16H29ClN2O8. The lowest BCUT2D eigenvalue weighted by atomic mass is 10.4. The Bertz CT molecular complexity index is 455. The van der Waals surface area contributed by atoms with Crippen molar-refractivity contribution < 1.29 is 38.5 Å². The number of ether oxygens (including phenoxy) is 3. The van der Waals surface area contributed by atoms with Crippen molar-refractivity contribution in [2.75, 3.05) is 59.1 Å². The summed E-state index contributed by atoms with van der Waals surface area (Å²) in [4.78, 5) is 48.8. The molecule has 0 aliphatic carbocycles. The Hall–Kier alpha value is -1.91. The molecule has 0 saturated carbocycles. The van der Waals surface area contributed by atoms with Gasteiger partial charge in [-0.05, 0) is 20.8 Å². The molecule has 0 aliphatic heterocycles. The van der Waals surface area contributed by atoms with Crippen molar-refractivity contribution in [2.45, 2.75) is 20.8 Å². The Labute approximate surface area is 165 Å². The normalized spacial score (nSPS) is 10.3. The maximum atomic E-state index is 11.7. The van der Waals surface area contributed by atoms with Crippen LogP contribution in [0.5, 0.6) is 0 Å². The fourth-order valence-electron chi connectivity index (χ4n) is 2.07. The highest BCUT2D eigenvalue weighted by molar-refractivity contribution is 5.85. The summed E-state index contributed by atoms with van der Waals surface area (Å²) in [5, 5.41) is 8.97. The summed E-state index contributed by atoms with van der Waals surface area (Å²) in [6.07, 6.45) is 0. The molecular weight excluding hydrogens is 384 g/mol. The van der Waals surface area contributed by atoms with Crippen LogP contribution < -0.4 is 0 Å². The molecule has 0 heterocycles. The first-order chi connectivity index (χ1) is 12.3. The van der Waals surface area contributed by atoms with E-state index < -0.39 is 23.9 Å². The summed E-state index contributed by atoms with van der Waals surface area (Å²) < 4.78 is 14.6. The summed E-state index contributed by atoms with van der Waals surface area (Å²) in [6.45, 7) is 5.05. The van der Waals surface area contributed by atoms with Gasteiger partial charge in [0.05, 0.1) is 46.0 Å². The van der Waals surface area contributed by atoms with Crippen LogP contribution in [0.15, 0.2) is 0 Å². The number of esters is 3. The molecule has 0 fully saturated rings. The van der Waals surface area contributed by atoms with Gasteiger partial charge in [-0.1, -0.05) is 0 Å². The van der Waals surface area contributed by atoms with Gasteiger partial charge in [0, 0.05) is 13.1 Å². The first-order valence-corrected chi connectivity index (χ1v) is 8.45. The van der Waals surface area contributed by atoms with Gasteiger partial charge in [0.2, 0.25) is 0 Å². The molecule has 11 heteroatoms. The summed E-state index contributed by atoms with van der Waals surface area (Å²) in [5.74, 6) is -2.66. The van der Waals surface area contributed by atoms with Gasteiger partial charge in [-0.25, -0.2) is 0 Å². The second-order valence-electron chi connectivity index (χ2n) is 5.23. The molecule has 27 heavy (non-hydrogen) atoms. The van der Waals surface area contributed by atoms with Gasteiger partial charge in [-0.15, -0.1) is 12.4 Å². The molecule has 0 amide bonds. The number of aliphatic carboxylic acids is 1. The number of hydrogen-bond donors (Lipinski definition) is 1. The van der Waals surface area contributed by atoms with Crippen LogP contribution in [0.4, 0.5) is 0 Å². The number of carboxylic acid groups (broad SMARTS) is 1. The Morgan fingerprint density at radius 3 is 1.22 bits per heavy atom. The van der Waals surface area contributed by atoms with Crippen LogP contribution in [0, 0.1) is 0 Å². The van der Waals surface area contributed by atoms with Crippen LogP contribution in [0.3, 0.4) is 0 Å². The van der Waals surface area contributed by atoms with Gasteiger partial charge in [-0.3, -0.25) is 29.0 Å². The molecule has 0 unspecified atom stereocenters. The number of halogens is 1. The minimum atomic E-state index is -1.10. The van der Waals surface area contributed by atoms with E-state index in [0.29, 0.717) is 0 Å². The van der Waals surface area contributed by atoms with E-state index in [0.717, 1.165) is 0 Å². The maximum Gasteiger partial charge on any atom is 0.320 e. The minimum absolute atomic E-state index is 0. The van der Waals surface area contributed by atoms with Gasteiger partial charge in [0.25, 0.3) is 0 Å². The molecule has 0 radical (unpaired) electrons. The lowest BCUT2D eigenvalue weighted by Gasteiger charge is -2.25. The predicted molar refractivity (Wildman–Crippen MR) is 97.7 cm³/mol. The molecule has 0 aromatic carbocycles. The van der Waals surface area contributed by atoms with Crippen LogP contribution in [0.25, 0.3) is 0 Å². The molecule has 0 spiro atoms. The van der Waals surface area contributed by atoms with Crippen LogP contribution in [0.2, 0.25) is 0 Å². The van der Waals surface area contributed by atoms with E-state index in [9.17, 15) is 19.2 Å². The highest BCUT2D eigenvalue weighted by Crippen LogP contribution is 1.97. The summed E-state index contributed by atoms with van der Waals surface area (Å²) in [7, 11) is 0. The van der Waals surface area contributed by atoms with Crippen molar-refractivity contribution in [3.05, 3.63) is 0 Å². The van der Waals surface area contributed by atoms with E-state index in [1.165, 1.54) is 9.80 Å². The van der Waals surface area contributed by atoms with Gasteiger partial charge < -0.3 is 19.3 Å². The third-order valence-corrected chi connectivity index (χ3v) is 3.07. The molecule has 0 atom stereocenters. The smallest absolute Gasteiger partial charge is 0.320 e. The van der Waals surface area contributed by atoms with Crippen molar-refractivity contribution in [3.63, 3.8) is 0 Å². The quantitative estimate of drug-likeness (QED) is 0.302. The van der Waals surface area contributed by atoms with E-state index >= 15 is 0 Å². The third kappa shape index (κ3) is 14.9. The van der Waals surface area contributed by atoms with Gasteiger partial charge in [0.15, 0.2) is 0 Å². The number of hydrogen-bond acceptors (Lipinski definition) is 9. The van der Waals surface area contributed by atoms with Crippen molar-refractivity contribution in [1.82, 2.24) is 9.80 Å². The van der Waals surface area contributed by atoms with Gasteiger partial charge in [-0.2, -0.15) is 0 Å². The number of carbonyl (C=O) groups excluding carboxylic acids is 3. The fourth-order valence-corrected chi connectivity index (χ4v) is 2.07. The van der Waals surface area contributed by atoms with Crippen molar-refractivity contribution >= 4 is 36.3 Å². The maximum absolute atomic E-state index is 11.7. The molecule has 0 bridgehead atoms. The van der Waals surface area contributed by atoms with Crippen LogP contribution in [-0.2, 0) is 33.4 Å². The monoisotopic (exact) mass is 412 g/mol. The highest BCUT2D eigenvalue weighted by atomic mass is 35.5. The molecule has 1 N–H and O–H groups in total. The Morgan fingerprint density at radius 2 is 0.963 bits per heavy atom. The predicted octanol–water partition coefficient (Wildman–Crippen LogP) is -0.214. The molecule has 0 rings (SSSR count). The van der Waals surface area contributed by atoms with E-state index in [-0.39, 0.29) is 71.5 Å². The second-order valence-corrected chi connectivity index (χ2v) is 5.23. The highest BCUT2D eigenvalue weighted by Gasteiger charge is 2.20. The first-order valence-electron chi connectivity index (χ1n) is 8.45. The number of rotatable bonds is 14. The number of nitrogens with zero attached hydrogens (tertiary/aromatic N) is 2. The number of carbonyl (C=O) groups is 4. The molecule has 10 nitrogen and oxygen atoms in total. The zero-order valence-corrected chi connectivity index (χ0v) is 16.8. The minimum Gasteiger partial charge on any atom is -0.480 e. The summed E-state index contributed by atoms with van der Waals surface area (Å²) in [5.41, 5.74) is 0. The average Bonchev–Trinajstić information content (AvgIpc) is 2.52. The van der Waals surface area contributed by atoms with Gasteiger partial charge in [0.1, 0.15) is 0 Å². The van der Waals surface area contributed by atoms with Crippen molar-refractivity contribution in [1.29, 1.82) is 0 Å². The summed E-state index contributed by atoms with van der Waals surface area (Å²) in [6, 6.07) is 0. The third-order valence-electron chi connectivity index (χ3n) is 3.07. The topological polar surface area (TPSA) is 123 Å². The lowest BCUT2D eigenvalue weighted by molar-refractivity contribution is -0.150. The van der Waals surface area contributed by atoms with E-state index in [1.807, 2.05) is 0 Å².